The Kier molecular flexibility index (Phi) is 6.73. The van der Waals surface area contributed by atoms with E-state index in [1.54, 1.807) is 0 Å². The van der Waals surface area contributed by atoms with Crippen LogP contribution in [0, 0.1) is 6.92 Å². The van der Waals surface area contributed by atoms with Gasteiger partial charge in [0.05, 0.1) is 6.61 Å². The maximum absolute atomic E-state index is 11.5. The second-order valence-electron chi connectivity index (χ2n) is 7.39. The number of unbranched alkanes of at least 4 members (excludes halogenated alkanes) is 3. The Hall–Kier alpha value is -2.17. The molecular formula is C20H30N2O3. The average Bonchev–Trinajstić information content (AvgIpc) is 2.87. The van der Waals surface area contributed by atoms with Crippen molar-refractivity contribution in [1.82, 2.24) is 10.3 Å². The molecule has 138 valence electrons. The Morgan fingerprint density at radius 1 is 1.12 bits per heavy atom. The lowest BCUT2D eigenvalue weighted by Gasteiger charge is -2.19. The summed E-state index contributed by atoms with van der Waals surface area (Å²) in [6.07, 6.45) is 3.77. The second kappa shape index (κ2) is 8.79. The predicted octanol–water partition coefficient (Wildman–Crippen LogP) is 4.94. The maximum atomic E-state index is 11.5. The molecule has 0 aliphatic carbocycles. The number of ether oxygens (including phenoxy) is 2. The van der Waals surface area contributed by atoms with Gasteiger partial charge in [0.1, 0.15) is 11.4 Å². The van der Waals surface area contributed by atoms with E-state index in [0.29, 0.717) is 13.2 Å². The molecule has 0 bridgehead atoms. The predicted molar refractivity (Wildman–Crippen MR) is 101 cm³/mol. The molecule has 2 aromatic rings. The van der Waals surface area contributed by atoms with Crippen LogP contribution in [-0.4, -0.2) is 29.8 Å². The number of aromatic nitrogens is 1. The third-order valence-electron chi connectivity index (χ3n) is 3.73. The molecule has 0 atom stereocenters. The van der Waals surface area contributed by atoms with Gasteiger partial charge in [-0.05, 0) is 64.8 Å². The first kappa shape index (κ1) is 19.2. The van der Waals surface area contributed by atoms with E-state index in [4.69, 9.17) is 9.47 Å². The number of alkyl carbamates (subject to hydrolysis) is 1. The van der Waals surface area contributed by atoms with E-state index < -0.39 is 5.60 Å². The second-order valence-corrected chi connectivity index (χ2v) is 7.39. The van der Waals surface area contributed by atoms with E-state index in [9.17, 15) is 4.79 Å². The smallest absolute Gasteiger partial charge is 0.407 e. The Morgan fingerprint density at radius 2 is 1.88 bits per heavy atom. The molecule has 0 spiro atoms. The molecule has 25 heavy (non-hydrogen) atoms. The van der Waals surface area contributed by atoms with Crippen molar-refractivity contribution in [3.63, 3.8) is 0 Å². The topological polar surface area (TPSA) is 63.4 Å². The highest BCUT2D eigenvalue weighted by molar-refractivity contribution is 5.81. The molecule has 0 saturated heterocycles. The number of nitrogens with one attached hydrogen (secondary N) is 2. The molecule has 1 aromatic heterocycles. The van der Waals surface area contributed by atoms with Crippen molar-refractivity contribution in [1.29, 1.82) is 0 Å². The lowest BCUT2D eigenvalue weighted by Crippen LogP contribution is -2.32. The van der Waals surface area contributed by atoms with Gasteiger partial charge in [-0.15, -0.1) is 0 Å². The van der Waals surface area contributed by atoms with E-state index in [-0.39, 0.29) is 6.09 Å². The zero-order valence-corrected chi connectivity index (χ0v) is 15.8. The molecule has 5 heteroatoms. The number of hydrogen-bond donors (Lipinski definition) is 2. The van der Waals surface area contributed by atoms with Crippen LogP contribution >= 0.6 is 0 Å². The first-order valence-corrected chi connectivity index (χ1v) is 9.02. The van der Waals surface area contributed by atoms with Crippen LogP contribution in [0.25, 0.3) is 10.9 Å². The molecule has 1 amide bonds. The highest BCUT2D eigenvalue weighted by Gasteiger charge is 2.15. The molecule has 0 aliphatic rings. The quantitative estimate of drug-likeness (QED) is 0.665. The largest absolute Gasteiger partial charge is 0.494 e. The van der Waals surface area contributed by atoms with Gasteiger partial charge in [-0.3, -0.25) is 0 Å². The number of aryl methyl sites for hydroxylation is 1. The highest BCUT2D eigenvalue weighted by atomic mass is 16.6. The lowest BCUT2D eigenvalue weighted by molar-refractivity contribution is 0.0527. The molecule has 0 radical (unpaired) electrons. The summed E-state index contributed by atoms with van der Waals surface area (Å²) in [5, 5.41) is 3.96. The van der Waals surface area contributed by atoms with Crippen LogP contribution < -0.4 is 10.1 Å². The van der Waals surface area contributed by atoms with Gasteiger partial charge in [0.25, 0.3) is 0 Å². The van der Waals surface area contributed by atoms with Crippen molar-refractivity contribution < 1.29 is 14.3 Å². The Labute approximate surface area is 150 Å². The normalized spacial score (nSPS) is 11.5. The maximum Gasteiger partial charge on any atom is 0.407 e. The number of fused-ring (bicyclic) bond motifs is 1. The Bertz CT molecular complexity index is 686. The van der Waals surface area contributed by atoms with Gasteiger partial charge in [0.2, 0.25) is 0 Å². The van der Waals surface area contributed by atoms with Crippen molar-refractivity contribution >= 4 is 17.0 Å². The van der Waals surface area contributed by atoms with Crippen molar-refractivity contribution in [2.45, 2.75) is 59.0 Å². The van der Waals surface area contributed by atoms with Gasteiger partial charge in [-0.2, -0.15) is 0 Å². The third-order valence-corrected chi connectivity index (χ3v) is 3.73. The van der Waals surface area contributed by atoms with Crippen LogP contribution in [0.2, 0.25) is 0 Å². The van der Waals surface area contributed by atoms with Gasteiger partial charge in [-0.1, -0.05) is 12.8 Å². The minimum absolute atomic E-state index is 0.341. The summed E-state index contributed by atoms with van der Waals surface area (Å²) in [4.78, 5) is 14.8. The SMILES string of the molecule is Cc1cc2cc(OCCCCCCNC(=O)OC(C)(C)C)ccc2[nH]1. The minimum Gasteiger partial charge on any atom is -0.494 e. The zero-order valence-electron chi connectivity index (χ0n) is 15.8. The first-order chi connectivity index (χ1) is 11.8. The van der Waals surface area contributed by atoms with Crippen molar-refractivity contribution in [3.05, 3.63) is 30.0 Å². The summed E-state index contributed by atoms with van der Waals surface area (Å²) in [5.74, 6) is 0.915. The summed E-state index contributed by atoms with van der Waals surface area (Å²) in [6.45, 7) is 9.01. The van der Waals surface area contributed by atoms with Gasteiger partial charge in [0.15, 0.2) is 0 Å². The monoisotopic (exact) mass is 346 g/mol. The lowest BCUT2D eigenvalue weighted by atomic mass is 10.2. The van der Waals surface area contributed by atoms with E-state index in [1.165, 1.54) is 5.39 Å². The summed E-state index contributed by atoms with van der Waals surface area (Å²) < 4.78 is 11.0. The number of carbonyl (C=O) groups is 1. The number of carbonyl (C=O) groups excluding carboxylic acids is 1. The average molecular weight is 346 g/mol. The number of aromatic amines is 1. The molecule has 0 saturated carbocycles. The molecule has 1 heterocycles. The van der Waals surface area contributed by atoms with Crippen LogP contribution in [0.3, 0.4) is 0 Å². The summed E-state index contributed by atoms with van der Waals surface area (Å²) in [6, 6.07) is 8.26. The van der Waals surface area contributed by atoms with Crippen LogP contribution in [0.4, 0.5) is 4.79 Å². The minimum atomic E-state index is -0.441. The van der Waals surface area contributed by atoms with Crippen molar-refractivity contribution in [3.8, 4) is 5.75 Å². The Morgan fingerprint density at radius 3 is 2.64 bits per heavy atom. The highest BCUT2D eigenvalue weighted by Crippen LogP contribution is 2.21. The van der Waals surface area contributed by atoms with Crippen molar-refractivity contribution in [2.75, 3.05) is 13.2 Å². The third kappa shape index (κ3) is 7.08. The summed E-state index contributed by atoms with van der Waals surface area (Å²) >= 11 is 0. The van der Waals surface area contributed by atoms with E-state index >= 15 is 0 Å². The van der Waals surface area contributed by atoms with Gasteiger partial charge in [0, 0.05) is 23.1 Å². The van der Waals surface area contributed by atoms with Crippen LogP contribution in [0.1, 0.15) is 52.1 Å². The number of H-pyrrole nitrogens is 1. The van der Waals surface area contributed by atoms with E-state index in [0.717, 1.165) is 42.6 Å². The van der Waals surface area contributed by atoms with Crippen LogP contribution in [0.15, 0.2) is 24.3 Å². The Balaban J connectivity index is 1.53. The molecule has 0 aliphatic heterocycles. The molecule has 0 unspecified atom stereocenters. The van der Waals surface area contributed by atoms with Crippen LogP contribution in [0.5, 0.6) is 5.75 Å². The molecule has 0 fully saturated rings. The van der Waals surface area contributed by atoms with E-state index in [2.05, 4.69) is 35.4 Å². The van der Waals surface area contributed by atoms with Gasteiger partial charge in [-0.25, -0.2) is 4.79 Å². The fourth-order valence-electron chi connectivity index (χ4n) is 2.62. The van der Waals surface area contributed by atoms with E-state index in [1.807, 2.05) is 26.8 Å². The first-order valence-electron chi connectivity index (χ1n) is 9.02. The summed E-state index contributed by atoms with van der Waals surface area (Å²) in [5.41, 5.74) is 1.86. The number of hydrogen-bond acceptors (Lipinski definition) is 3. The summed E-state index contributed by atoms with van der Waals surface area (Å²) in [7, 11) is 0. The molecule has 2 rings (SSSR count). The van der Waals surface area contributed by atoms with Crippen molar-refractivity contribution in [2.24, 2.45) is 0 Å². The van der Waals surface area contributed by atoms with Gasteiger partial charge < -0.3 is 19.8 Å². The fourth-order valence-corrected chi connectivity index (χ4v) is 2.62. The number of amides is 1. The number of rotatable bonds is 8. The molecule has 1 aromatic carbocycles. The molecule has 2 N–H and O–H groups in total. The van der Waals surface area contributed by atoms with Gasteiger partial charge >= 0.3 is 6.09 Å². The fraction of sp³-hybridized carbons (Fsp3) is 0.550. The van der Waals surface area contributed by atoms with Crippen LogP contribution in [-0.2, 0) is 4.74 Å². The molecule has 5 nitrogen and oxygen atoms in total. The zero-order chi connectivity index (χ0) is 18.3. The number of benzene rings is 1. The molecular weight excluding hydrogens is 316 g/mol. The standard InChI is InChI=1S/C20H30N2O3/c1-15-13-16-14-17(9-10-18(16)22-15)24-12-8-6-5-7-11-21-19(23)25-20(2,3)4/h9-10,13-14,22H,5-8,11-12H2,1-4H3,(H,21,23).